The van der Waals surface area contributed by atoms with Crippen molar-refractivity contribution >= 4 is 35.8 Å². The molecule has 2 aromatic rings. The van der Waals surface area contributed by atoms with Gasteiger partial charge < -0.3 is 15.5 Å². The molecule has 1 saturated heterocycles. The van der Waals surface area contributed by atoms with E-state index in [0.29, 0.717) is 6.54 Å². The Balaban J connectivity index is 0.00000300. The summed E-state index contributed by atoms with van der Waals surface area (Å²) in [4.78, 5) is 11.8. The van der Waals surface area contributed by atoms with Crippen LogP contribution in [0.5, 0.6) is 0 Å². The summed E-state index contributed by atoms with van der Waals surface area (Å²) < 4.78 is 1.95. The molecule has 3 heterocycles. The van der Waals surface area contributed by atoms with Crippen molar-refractivity contribution in [3.8, 4) is 0 Å². The molecule has 0 aromatic carbocycles. The molecule has 1 aliphatic rings. The van der Waals surface area contributed by atoms with Crippen LogP contribution in [-0.2, 0) is 13.1 Å². The number of nitrogens with zero attached hydrogens (tertiary/aromatic N) is 5. The maximum absolute atomic E-state index is 4.69. The molecular weight excluding hydrogens is 477 g/mol. The minimum atomic E-state index is 0. The minimum absolute atomic E-state index is 0. The van der Waals surface area contributed by atoms with Crippen LogP contribution in [0.1, 0.15) is 44.6 Å². The summed E-state index contributed by atoms with van der Waals surface area (Å²) in [6.07, 6.45) is 12.0. The van der Waals surface area contributed by atoms with E-state index in [1.165, 1.54) is 25.7 Å². The fourth-order valence-corrected chi connectivity index (χ4v) is 3.39. The van der Waals surface area contributed by atoms with Crippen LogP contribution in [0.4, 0.5) is 5.82 Å². The van der Waals surface area contributed by atoms with Gasteiger partial charge in [-0.05, 0) is 43.9 Å². The highest BCUT2D eigenvalue weighted by Crippen LogP contribution is 2.17. The standard InChI is InChI=1S/C21H33N7.HI/c1-2-22-21(23-11-7-15-28-16-8-12-26-28)25-18-19-9-10-20(24-17-19)27-13-5-3-4-6-14-27;/h8-10,12,16-17H,2-7,11,13-15,18H2,1H3,(H2,22,23,25);1H. The average molecular weight is 511 g/mol. The van der Waals surface area contributed by atoms with Crippen LogP contribution in [0.15, 0.2) is 41.8 Å². The fourth-order valence-electron chi connectivity index (χ4n) is 3.39. The molecule has 8 heteroatoms. The first-order valence-corrected chi connectivity index (χ1v) is 10.5. The number of nitrogens with one attached hydrogen (secondary N) is 2. The van der Waals surface area contributed by atoms with Crippen molar-refractivity contribution in [3.63, 3.8) is 0 Å². The largest absolute Gasteiger partial charge is 0.357 e. The first-order chi connectivity index (χ1) is 13.8. The highest BCUT2D eigenvalue weighted by Gasteiger charge is 2.10. The Hall–Kier alpha value is -1.84. The van der Waals surface area contributed by atoms with E-state index in [1.54, 1.807) is 0 Å². The zero-order chi connectivity index (χ0) is 19.4. The van der Waals surface area contributed by atoms with Gasteiger partial charge in [0.05, 0.1) is 6.54 Å². The van der Waals surface area contributed by atoms with Gasteiger partial charge in [-0.1, -0.05) is 18.9 Å². The first-order valence-electron chi connectivity index (χ1n) is 10.5. The number of hydrogen-bond acceptors (Lipinski definition) is 4. The van der Waals surface area contributed by atoms with Crippen LogP contribution >= 0.6 is 24.0 Å². The molecule has 2 N–H and O–H groups in total. The number of guanidine groups is 1. The highest BCUT2D eigenvalue weighted by atomic mass is 127. The lowest BCUT2D eigenvalue weighted by atomic mass is 10.2. The zero-order valence-corrected chi connectivity index (χ0v) is 19.7. The van der Waals surface area contributed by atoms with E-state index in [2.05, 4.69) is 44.7 Å². The molecule has 0 bridgehead atoms. The molecule has 0 spiro atoms. The molecule has 0 atom stereocenters. The van der Waals surface area contributed by atoms with E-state index in [-0.39, 0.29) is 24.0 Å². The third-order valence-corrected chi connectivity index (χ3v) is 4.92. The van der Waals surface area contributed by atoms with Gasteiger partial charge in [-0.15, -0.1) is 24.0 Å². The first kappa shape index (κ1) is 23.4. The second-order valence-electron chi connectivity index (χ2n) is 7.17. The van der Waals surface area contributed by atoms with Crippen LogP contribution in [0.3, 0.4) is 0 Å². The van der Waals surface area contributed by atoms with Crippen LogP contribution in [0, 0.1) is 0 Å². The summed E-state index contributed by atoms with van der Waals surface area (Å²) in [5.41, 5.74) is 1.13. The van der Waals surface area contributed by atoms with Crippen molar-refractivity contribution in [1.29, 1.82) is 0 Å². The van der Waals surface area contributed by atoms with Gasteiger partial charge in [0.1, 0.15) is 5.82 Å². The monoisotopic (exact) mass is 511 g/mol. The number of halogens is 1. The lowest BCUT2D eigenvalue weighted by Gasteiger charge is -2.21. The normalized spacial score (nSPS) is 14.8. The summed E-state index contributed by atoms with van der Waals surface area (Å²) in [5, 5.41) is 10.9. The molecule has 1 fully saturated rings. The molecule has 0 amide bonds. The molecule has 0 aliphatic carbocycles. The zero-order valence-electron chi connectivity index (χ0n) is 17.4. The Morgan fingerprint density at radius 2 is 1.97 bits per heavy atom. The van der Waals surface area contributed by atoms with Gasteiger partial charge in [0, 0.05) is 51.3 Å². The SMILES string of the molecule is CCNC(=NCc1ccc(N2CCCCCC2)nc1)NCCCn1cccn1.I. The smallest absolute Gasteiger partial charge is 0.191 e. The molecule has 29 heavy (non-hydrogen) atoms. The Bertz CT molecular complexity index is 692. The number of pyridine rings is 1. The lowest BCUT2D eigenvalue weighted by molar-refractivity contribution is 0.570. The number of aryl methyl sites for hydroxylation is 1. The Morgan fingerprint density at radius 1 is 1.14 bits per heavy atom. The highest BCUT2D eigenvalue weighted by molar-refractivity contribution is 14.0. The van der Waals surface area contributed by atoms with Gasteiger partial charge in [0.2, 0.25) is 0 Å². The van der Waals surface area contributed by atoms with Crippen molar-refractivity contribution in [2.45, 2.75) is 52.1 Å². The van der Waals surface area contributed by atoms with E-state index >= 15 is 0 Å². The summed E-state index contributed by atoms with van der Waals surface area (Å²) in [6.45, 7) is 7.56. The summed E-state index contributed by atoms with van der Waals surface area (Å²) >= 11 is 0. The lowest BCUT2D eigenvalue weighted by Crippen LogP contribution is -2.38. The molecule has 3 rings (SSSR count). The molecule has 160 valence electrons. The number of hydrogen-bond donors (Lipinski definition) is 2. The van der Waals surface area contributed by atoms with Gasteiger partial charge in [-0.25, -0.2) is 9.98 Å². The van der Waals surface area contributed by atoms with E-state index in [0.717, 1.165) is 56.5 Å². The maximum atomic E-state index is 4.69. The van der Waals surface area contributed by atoms with Crippen LogP contribution < -0.4 is 15.5 Å². The number of rotatable bonds is 8. The second kappa shape index (κ2) is 13.4. The van der Waals surface area contributed by atoms with E-state index in [9.17, 15) is 0 Å². The minimum Gasteiger partial charge on any atom is -0.357 e. The molecule has 1 aliphatic heterocycles. The van der Waals surface area contributed by atoms with Crippen LogP contribution in [0.25, 0.3) is 0 Å². The molecule has 7 nitrogen and oxygen atoms in total. The summed E-state index contributed by atoms with van der Waals surface area (Å²) in [7, 11) is 0. The van der Waals surface area contributed by atoms with Gasteiger partial charge >= 0.3 is 0 Å². The third-order valence-electron chi connectivity index (χ3n) is 4.92. The van der Waals surface area contributed by atoms with Crippen molar-refractivity contribution in [2.75, 3.05) is 31.1 Å². The summed E-state index contributed by atoms with van der Waals surface area (Å²) in [5.74, 6) is 1.94. The maximum Gasteiger partial charge on any atom is 0.191 e. The predicted octanol–water partition coefficient (Wildman–Crippen LogP) is 3.42. The molecule has 0 saturated carbocycles. The second-order valence-corrected chi connectivity index (χ2v) is 7.17. The van der Waals surface area contributed by atoms with Crippen molar-refractivity contribution in [1.82, 2.24) is 25.4 Å². The molecular formula is C21H34IN7. The summed E-state index contributed by atoms with van der Waals surface area (Å²) in [6, 6.07) is 6.24. The molecule has 0 unspecified atom stereocenters. The van der Waals surface area contributed by atoms with E-state index in [1.807, 2.05) is 29.3 Å². The topological polar surface area (TPSA) is 70.4 Å². The van der Waals surface area contributed by atoms with Crippen LogP contribution in [0.2, 0.25) is 0 Å². The quantitative estimate of drug-likeness (QED) is 0.246. The average Bonchev–Trinajstić information content (AvgIpc) is 3.10. The van der Waals surface area contributed by atoms with Gasteiger partial charge in [0.25, 0.3) is 0 Å². The third kappa shape index (κ3) is 8.20. The predicted molar refractivity (Wildman–Crippen MR) is 130 cm³/mol. The van der Waals surface area contributed by atoms with Crippen molar-refractivity contribution in [2.24, 2.45) is 4.99 Å². The number of aromatic nitrogens is 3. The van der Waals surface area contributed by atoms with Crippen molar-refractivity contribution in [3.05, 3.63) is 42.4 Å². The number of aliphatic imine (C=N–C) groups is 1. The Morgan fingerprint density at radius 3 is 2.62 bits per heavy atom. The van der Waals surface area contributed by atoms with E-state index in [4.69, 9.17) is 4.99 Å². The van der Waals surface area contributed by atoms with Gasteiger partial charge in [-0.2, -0.15) is 5.10 Å². The molecule has 2 aromatic heterocycles. The Labute approximate surface area is 191 Å². The number of anilines is 1. The molecule has 0 radical (unpaired) electrons. The van der Waals surface area contributed by atoms with Crippen molar-refractivity contribution < 1.29 is 0 Å². The Kier molecular flexibility index (Phi) is 10.8. The van der Waals surface area contributed by atoms with Crippen LogP contribution in [-0.4, -0.2) is 46.9 Å². The van der Waals surface area contributed by atoms with Gasteiger partial charge in [-0.3, -0.25) is 4.68 Å². The van der Waals surface area contributed by atoms with Gasteiger partial charge in [0.15, 0.2) is 5.96 Å². The fraction of sp³-hybridized carbons (Fsp3) is 0.571. The van der Waals surface area contributed by atoms with E-state index < -0.39 is 0 Å².